The first-order chi connectivity index (χ1) is 14.5. The van der Waals surface area contributed by atoms with Crippen LogP contribution in [0.3, 0.4) is 0 Å². The summed E-state index contributed by atoms with van der Waals surface area (Å²) in [6, 6.07) is 7.28. The second kappa shape index (κ2) is 7.95. The summed E-state index contributed by atoms with van der Waals surface area (Å²) in [5.74, 6) is -0.436. The van der Waals surface area contributed by atoms with Crippen molar-refractivity contribution in [3.63, 3.8) is 0 Å². The molecule has 5 unspecified atom stereocenters. The minimum Gasteiger partial charge on any atom is -0.353 e. The number of fused-ring (bicyclic) bond motifs is 5. The summed E-state index contributed by atoms with van der Waals surface area (Å²) >= 11 is 3.49. The molecule has 1 saturated heterocycles. The van der Waals surface area contributed by atoms with Crippen molar-refractivity contribution >= 4 is 33.7 Å². The quantitative estimate of drug-likeness (QED) is 0.519. The minimum absolute atomic E-state index is 0.0781. The van der Waals surface area contributed by atoms with E-state index in [-0.39, 0.29) is 53.9 Å². The van der Waals surface area contributed by atoms with Crippen molar-refractivity contribution in [2.24, 2.45) is 23.7 Å². The van der Waals surface area contributed by atoms with Gasteiger partial charge in [-0.05, 0) is 48.8 Å². The molecule has 158 valence electrons. The van der Waals surface area contributed by atoms with E-state index in [1.807, 2.05) is 24.3 Å². The Labute approximate surface area is 185 Å². The molecule has 6 heteroatoms. The fourth-order valence-corrected chi connectivity index (χ4v) is 6.43. The lowest BCUT2D eigenvalue weighted by atomic mass is 9.85. The second-order valence-electron chi connectivity index (χ2n) is 9.22. The summed E-state index contributed by atoms with van der Waals surface area (Å²) in [7, 11) is 0. The van der Waals surface area contributed by atoms with Gasteiger partial charge in [-0.3, -0.25) is 19.3 Å². The smallest absolute Gasteiger partial charge is 0.234 e. The molecule has 3 amide bonds. The zero-order valence-corrected chi connectivity index (χ0v) is 18.5. The maximum atomic E-state index is 13.4. The van der Waals surface area contributed by atoms with Gasteiger partial charge >= 0.3 is 0 Å². The Morgan fingerprint density at radius 3 is 2.37 bits per heavy atom. The second-order valence-corrected chi connectivity index (χ2v) is 10.1. The Balaban J connectivity index is 1.41. The van der Waals surface area contributed by atoms with Crippen LogP contribution < -0.4 is 5.32 Å². The van der Waals surface area contributed by atoms with Crippen molar-refractivity contribution in [2.45, 2.75) is 57.0 Å². The molecule has 1 heterocycles. The van der Waals surface area contributed by atoms with Gasteiger partial charge in [0.15, 0.2) is 0 Å². The highest BCUT2D eigenvalue weighted by molar-refractivity contribution is 9.10. The van der Waals surface area contributed by atoms with Gasteiger partial charge in [-0.1, -0.05) is 59.5 Å². The molecule has 0 aromatic heterocycles. The van der Waals surface area contributed by atoms with E-state index in [4.69, 9.17) is 0 Å². The zero-order valence-electron chi connectivity index (χ0n) is 16.9. The van der Waals surface area contributed by atoms with E-state index in [1.165, 1.54) is 11.3 Å². The van der Waals surface area contributed by atoms with Crippen LogP contribution in [0, 0.1) is 23.7 Å². The van der Waals surface area contributed by atoms with Crippen molar-refractivity contribution in [3.05, 3.63) is 46.5 Å². The standard InChI is InChI=1S/C24H27BrN2O3/c25-17-6-4-5-14(12-17)19(13-20(28)26-18-7-2-1-3-8-18)27-23(29)21-15-9-10-16(11-15)22(21)24(27)30/h4-6,9-10,12,15-16,18-19,21-22H,1-3,7-8,11,13H2,(H,26,28). The monoisotopic (exact) mass is 470 g/mol. The summed E-state index contributed by atoms with van der Waals surface area (Å²) in [5.41, 5.74) is 0.824. The number of likely N-dealkylation sites (tertiary alicyclic amines) is 1. The first-order valence-electron chi connectivity index (χ1n) is 11.1. The Bertz CT molecular complexity index is 877. The van der Waals surface area contributed by atoms with Gasteiger partial charge in [0.2, 0.25) is 17.7 Å². The lowest BCUT2D eigenvalue weighted by Gasteiger charge is -2.29. The summed E-state index contributed by atoms with van der Waals surface area (Å²) in [6.07, 6.45) is 10.8. The van der Waals surface area contributed by atoms with Crippen LogP contribution in [-0.2, 0) is 14.4 Å². The number of hydrogen-bond donors (Lipinski definition) is 1. The third kappa shape index (κ3) is 3.43. The topological polar surface area (TPSA) is 66.5 Å². The maximum Gasteiger partial charge on any atom is 0.234 e. The molecule has 5 nitrogen and oxygen atoms in total. The predicted molar refractivity (Wildman–Crippen MR) is 116 cm³/mol. The Hall–Kier alpha value is -1.95. The zero-order chi connectivity index (χ0) is 20.8. The summed E-state index contributed by atoms with van der Waals surface area (Å²) in [5, 5.41) is 3.15. The van der Waals surface area contributed by atoms with E-state index < -0.39 is 6.04 Å². The number of amides is 3. The molecule has 1 aliphatic heterocycles. The number of allylic oxidation sites excluding steroid dienone is 2. The van der Waals surface area contributed by atoms with Crippen LogP contribution in [0.2, 0.25) is 0 Å². The lowest BCUT2D eigenvalue weighted by molar-refractivity contribution is -0.144. The Kier molecular flexibility index (Phi) is 5.30. The van der Waals surface area contributed by atoms with Crippen LogP contribution in [0.5, 0.6) is 0 Å². The molecular weight excluding hydrogens is 444 g/mol. The normalized spacial score (nSPS) is 31.3. The van der Waals surface area contributed by atoms with E-state index in [0.29, 0.717) is 0 Å². The molecule has 2 bridgehead atoms. The number of imide groups is 1. The third-order valence-corrected chi connectivity index (χ3v) is 7.89. The van der Waals surface area contributed by atoms with E-state index >= 15 is 0 Å². The molecular formula is C24H27BrN2O3. The largest absolute Gasteiger partial charge is 0.353 e. The van der Waals surface area contributed by atoms with Gasteiger partial charge in [-0.25, -0.2) is 0 Å². The summed E-state index contributed by atoms with van der Waals surface area (Å²) in [4.78, 5) is 41.1. The van der Waals surface area contributed by atoms with Gasteiger partial charge in [0, 0.05) is 10.5 Å². The summed E-state index contributed by atoms with van der Waals surface area (Å²) < 4.78 is 0.874. The average molecular weight is 471 g/mol. The van der Waals surface area contributed by atoms with Crippen molar-refractivity contribution in [1.29, 1.82) is 0 Å². The fraction of sp³-hybridized carbons (Fsp3) is 0.542. The molecule has 4 aliphatic rings. The van der Waals surface area contributed by atoms with Gasteiger partial charge < -0.3 is 5.32 Å². The molecule has 1 aromatic rings. The first-order valence-corrected chi connectivity index (χ1v) is 11.9. The molecule has 5 atom stereocenters. The molecule has 2 saturated carbocycles. The molecule has 30 heavy (non-hydrogen) atoms. The van der Waals surface area contributed by atoms with Crippen molar-refractivity contribution in [1.82, 2.24) is 10.2 Å². The van der Waals surface area contributed by atoms with Crippen molar-refractivity contribution in [2.75, 3.05) is 0 Å². The first kappa shape index (κ1) is 20.0. The highest BCUT2D eigenvalue weighted by atomic mass is 79.9. The van der Waals surface area contributed by atoms with Gasteiger partial charge in [-0.15, -0.1) is 0 Å². The highest BCUT2D eigenvalue weighted by Crippen LogP contribution is 2.54. The Morgan fingerprint density at radius 1 is 1.07 bits per heavy atom. The highest BCUT2D eigenvalue weighted by Gasteiger charge is 2.60. The molecule has 1 aromatic carbocycles. The van der Waals surface area contributed by atoms with Gasteiger partial charge in [0.05, 0.1) is 24.3 Å². The van der Waals surface area contributed by atoms with Crippen LogP contribution in [-0.4, -0.2) is 28.7 Å². The number of nitrogens with zero attached hydrogens (tertiary/aromatic N) is 1. The van der Waals surface area contributed by atoms with Crippen molar-refractivity contribution < 1.29 is 14.4 Å². The van der Waals surface area contributed by atoms with Gasteiger partial charge in [0.1, 0.15) is 0 Å². The maximum absolute atomic E-state index is 13.4. The predicted octanol–water partition coefficient (Wildman–Crippen LogP) is 4.14. The lowest BCUT2D eigenvalue weighted by Crippen LogP contribution is -2.42. The number of carbonyl (C=O) groups excluding carboxylic acids is 3. The van der Waals surface area contributed by atoms with E-state index in [1.54, 1.807) is 0 Å². The molecule has 0 radical (unpaired) electrons. The van der Waals surface area contributed by atoms with E-state index in [0.717, 1.165) is 42.1 Å². The van der Waals surface area contributed by atoms with E-state index in [2.05, 4.69) is 33.4 Å². The fourth-order valence-electron chi connectivity index (χ4n) is 6.01. The van der Waals surface area contributed by atoms with Gasteiger partial charge in [-0.2, -0.15) is 0 Å². The van der Waals surface area contributed by atoms with Crippen LogP contribution in [0.1, 0.15) is 56.6 Å². The van der Waals surface area contributed by atoms with E-state index in [9.17, 15) is 14.4 Å². The van der Waals surface area contributed by atoms with Crippen LogP contribution in [0.15, 0.2) is 40.9 Å². The number of hydrogen-bond acceptors (Lipinski definition) is 3. The Morgan fingerprint density at radius 2 is 1.73 bits per heavy atom. The van der Waals surface area contributed by atoms with Crippen LogP contribution >= 0.6 is 15.9 Å². The van der Waals surface area contributed by atoms with Crippen LogP contribution in [0.4, 0.5) is 0 Å². The number of halogens is 1. The molecule has 3 fully saturated rings. The molecule has 3 aliphatic carbocycles. The average Bonchev–Trinajstić information content (AvgIpc) is 3.41. The number of rotatable bonds is 5. The molecule has 1 N–H and O–H groups in total. The van der Waals surface area contributed by atoms with Crippen LogP contribution in [0.25, 0.3) is 0 Å². The SMILES string of the molecule is O=C(CC(c1cccc(Br)c1)N1C(=O)C2C3C=CC(C3)C2C1=O)NC1CCCCC1. The number of carbonyl (C=O) groups is 3. The van der Waals surface area contributed by atoms with Gasteiger partial charge in [0.25, 0.3) is 0 Å². The molecule has 0 spiro atoms. The minimum atomic E-state index is -0.559. The molecule has 5 rings (SSSR count). The third-order valence-electron chi connectivity index (χ3n) is 7.40. The number of benzene rings is 1. The summed E-state index contributed by atoms with van der Waals surface area (Å²) in [6.45, 7) is 0. The number of nitrogens with one attached hydrogen (secondary N) is 1. The van der Waals surface area contributed by atoms with Crippen molar-refractivity contribution in [3.8, 4) is 0 Å².